The van der Waals surface area contributed by atoms with Crippen LogP contribution in [0.25, 0.3) is 0 Å². The summed E-state index contributed by atoms with van der Waals surface area (Å²) in [5, 5.41) is 13.7. The van der Waals surface area contributed by atoms with Crippen molar-refractivity contribution in [2.75, 3.05) is 5.73 Å². The Bertz CT molecular complexity index is 641. The van der Waals surface area contributed by atoms with E-state index >= 15 is 0 Å². The Kier molecular flexibility index (Phi) is 5.73. The molecule has 8 nitrogen and oxygen atoms in total. The number of benzene rings is 1. The number of carbonyl (C=O) groups excluding carboxylic acids is 2. The van der Waals surface area contributed by atoms with Gasteiger partial charge in [0.2, 0.25) is 0 Å². The van der Waals surface area contributed by atoms with Gasteiger partial charge in [0.15, 0.2) is 6.10 Å². The van der Waals surface area contributed by atoms with Gasteiger partial charge in [-0.1, -0.05) is 19.3 Å². The molecule has 1 unspecified atom stereocenters. The van der Waals surface area contributed by atoms with Crippen LogP contribution in [-0.4, -0.2) is 28.9 Å². The van der Waals surface area contributed by atoms with E-state index in [9.17, 15) is 19.7 Å². The van der Waals surface area contributed by atoms with Gasteiger partial charge in [0.05, 0.1) is 10.5 Å². The number of esters is 1. The van der Waals surface area contributed by atoms with Crippen LogP contribution in [0.15, 0.2) is 18.2 Å². The minimum atomic E-state index is -1.00. The summed E-state index contributed by atoms with van der Waals surface area (Å²) in [7, 11) is 0. The van der Waals surface area contributed by atoms with Crippen LogP contribution in [0.3, 0.4) is 0 Å². The van der Waals surface area contributed by atoms with Crippen LogP contribution in [0.4, 0.5) is 11.4 Å². The summed E-state index contributed by atoms with van der Waals surface area (Å²) in [4.78, 5) is 34.4. The second kappa shape index (κ2) is 7.76. The number of nitrogen functional groups attached to an aromatic ring is 1. The molecule has 8 heteroatoms. The fourth-order valence-corrected chi connectivity index (χ4v) is 2.68. The zero-order valence-electron chi connectivity index (χ0n) is 13.5. The molecule has 3 N–H and O–H groups in total. The van der Waals surface area contributed by atoms with Crippen molar-refractivity contribution in [3.05, 3.63) is 33.9 Å². The lowest BCUT2D eigenvalue weighted by molar-refractivity contribution is -0.384. The van der Waals surface area contributed by atoms with E-state index in [2.05, 4.69) is 5.32 Å². The SMILES string of the molecule is CC(OC(=O)c1cc([N+](=O)[O-])ccc1N)C(=O)NC1CCCCC1. The third kappa shape index (κ3) is 4.43. The number of non-ortho nitro benzene ring substituents is 1. The molecule has 0 spiro atoms. The Balaban J connectivity index is 1.99. The van der Waals surface area contributed by atoms with Crippen LogP contribution >= 0.6 is 0 Å². The normalized spacial score (nSPS) is 16.2. The van der Waals surface area contributed by atoms with Gasteiger partial charge in [0, 0.05) is 23.9 Å². The highest BCUT2D eigenvalue weighted by Crippen LogP contribution is 2.21. The van der Waals surface area contributed by atoms with E-state index in [1.807, 2.05) is 0 Å². The monoisotopic (exact) mass is 335 g/mol. The van der Waals surface area contributed by atoms with Crippen molar-refractivity contribution in [1.29, 1.82) is 0 Å². The van der Waals surface area contributed by atoms with Crippen molar-refractivity contribution < 1.29 is 19.2 Å². The molecule has 1 aromatic carbocycles. The molecule has 1 atom stereocenters. The van der Waals surface area contributed by atoms with Gasteiger partial charge in [0.1, 0.15) is 0 Å². The van der Waals surface area contributed by atoms with Gasteiger partial charge < -0.3 is 15.8 Å². The highest BCUT2D eigenvalue weighted by Gasteiger charge is 2.24. The number of nitro groups is 1. The maximum absolute atomic E-state index is 12.1. The van der Waals surface area contributed by atoms with Crippen molar-refractivity contribution in [1.82, 2.24) is 5.32 Å². The minimum Gasteiger partial charge on any atom is -0.449 e. The lowest BCUT2D eigenvalue weighted by Crippen LogP contribution is -2.42. The molecule has 1 amide bonds. The number of nitrogens with two attached hydrogens (primary N) is 1. The van der Waals surface area contributed by atoms with Gasteiger partial charge in [-0.15, -0.1) is 0 Å². The first-order valence-corrected chi connectivity index (χ1v) is 7.93. The number of hydrogen-bond donors (Lipinski definition) is 2. The third-order valence-corrected chi connectivity index (χ3v) is 4.07. The second-order valence-electron chi connectivity index (χ2n) is 5.92. The molecule has 2 rings (SSSR count). The fourth-order valence-electron chi connectivity index (χ4n) is 2.68. The van der Waals surface area contributed by atoms with Crippen molar-refractivity contribution >= 4 is 23.3 Å². The smallest absolute Gasteiger partial charge is 0.341 e. The van der Waals surface area contributed by atoms with E-state index in [1.54, 1.807) is 0 Å². The number of nitrogens with zero attached hydrogens (tertiary/aromatic N) is 1. The molecule has 24 heavy (non-hydrogen) atoms. The quantitative estimate of drug-likeness (QED) is 0.368. The first kappa shape index (κ1) is 17.7. The fraction of sp³-hybridized carbons (Fsp3) is 0.500. The number of anilines is 1. The molecular formula is C16H21N3O5. The molecule has 130 valence electrons. The van der Waals surface area contributed by atoms with Crippen molar-refractivity contribution in [3.8, 4) is 0 Å². The summed E-state index contributed by atoms with van der Waals surface area (Å²) in [6.45, 7) is 1.46. The van der Waals surface area contributed by atoms with Gasteiger partial charge in [-0.25, -0.2) is 4.79 Å². The predicted molar refractivity (Wildman–Crippen MR) is 87.4 cm³/mol. The summed E-state index contributed by atoms with van der Waals surface area (Å²) in [6, 6.07) is 3.62. The van der Waals surface area contributed by atoms with Gasteiger partial charge in [-0.2, -0.15) is 0 Å². The molecular weight excluding hydrogens is 314 g/mol. The second-order valence-corrected chi connectivity index (χ2v) is 5.92. The lowest BCUT2D eigenvalue weighted by atomic mass is 9.95. The molecule has 0 aromatic heterocycles. The Morgan fingerprint density at radius 3 is 2.62 bits per heavy atom. The van der Waals surface area contributed by atoms with Crippen LogP contribution < -0.4 is 11.1 Å². The Morgan fingerprint density at radius 2 is 2.00 bits per heavy atom. The van der Waals surface area contributed by atoms with E-state index in [1.165, 1.54) is 25.5 Å². The summed E-state index contributed by atoms with van der Waals surface area (Å²) in [5.41, 5.74) is 5.34. The van der Waals surface area contributed by atoms with E-state index in [0.717, 1.165) is 31.7 Å². The number of carbonyl (C=O) groups is 2. The van der Waals surface area contributed by atoms with Gasteiger partial charge >= 0.3 is 5.97 Å². The average Bonchev–Trinajstić information content (AvgIpc) is 2.55. The summed E-state index contributed by atoms with van der Waals surface area (Å²) >= 11 is 0. The number of amides is 1. The van der Waals surface area contributed by atoms with E-state index in [4.69, 9.17) is 10.5 Å². The average molecular weight is 335 g/mol. The van der Waals surface area contributed by atoms with Gasteiger partial charge in [-0.3, -0.25) is 14.9 Å². The number of ether oxygens (including phenoxy) is 1. The molecule has 1 aliphatic rings. The summed E-state index contributed by atoms with van der Waals surface area (Å²) in [5.74, 6) is -1.23. The molecule has 1 aromatic rings. The maximum Gasteiger partial charge on any atom is 0.341 e. The van der Waals surface area contributed by atoms with E-state index in [0.29, 0.717) is 0 Å². The minimum absolute atomic E-state index is 0.0606. The molecule has 0 heterocycles. The molecule has 1 saturated carbocycles. The van der Waals surface area contributed by atoms with Crippen molar-refractivity contribution in [3.63, 3.8) is 0 Å². The van der Waals surface area contributed by atoms with Crippen molar-refractivity contribution in [2.45, 2.75) is 51.2 Å². The third-order valence-electron chi connectivity index (χ3n) is 4.07. The zero-order valence-corrected chi connectivity index (χ0v) is 13.5. The van der Waals surface area contributed by atoms with Crippen molar-refractivity contribution in [2.24, 2.45) is 0 Å². The predicted octanol–water partition coefficient (Wildman–Crippen LogP) is 2.17. The first-order chi connectivity index (χ1) is 11.4. The lowest BCUT2D eigenvalue weighted by Gasteiger charge is -2.24. The number of hydrogen-bond acceptors (Lipinski definition) is 6. The highest BCUT2D eigenvalue weighted by atomic mass is 16.6. The number of rotatable bonds is 5. The first-order valence-electron chi connectivity index (χ1n) is 7.93. The molecule has 0 saturated heterocycles. The largest absolute Gasteiger partial charge is 0.449 e. The topological polar surface area (TPSA) is 125 Å². The van der Waals surface area contributed by atoms with Crippen LogP contribution in [0.2, 0.25) is 0 Å². The Hall–Kier alpha value is -2.64. The molecule has 1 fully saturated rings. The van der Waals surface area contributed by atoms with Gasteiger partial charge in [-0.05, 0) is 25.8 Å². The number of nitrogens with one attached hydrogen (secondary N) is 1. The van der Waals surface area contributed by atoms with E-state index < -0.39 is 17.0 Å². The molecule has 0 bridgehead atoms. The number of nitro benzene ring substituents is 1. The highest BCUT2D eigenvalue weighted by molar-refractivity contribution is 5.97. The van der Waals surface area contributed by atoms with Crippen LogP contribution in [0, 0.1) is 10.1 Å². The van der Waals surface area contributed by atoms with E-state index in [-0.39, 0.29) is 28.9 Å². The van der Waals surface area contributed by atoms with Crippen LogP contribution in [-0.2, 0) is 9.53 Å². The van der Waals surface area contributed by atoms with Gasteiger partial charge in [0.25, 0.3) is 11.6 Å². The molecule has 0 radical (unpaired) electrons. The summed E-state index contributed by atoms with van der Waals surface area (Å²) < 4.78 is 5.10. The molecule has 0 aliphatic heterocycles. The Morgan fingerprint density at radius 1 is 1.33 bits per heavy atom. The molecule has 1 aliphatic carbocycles. The van der Waals surface area contributed by atoms with Crippen LogP contribution in [0.1, 0.15) is 49.4 Å². The van der Waals surface area contributed by atoms with Crippen LogP contribution in [0.5, 0.6) is 0 Å². The Labute approximate surface area is 139 Å². The maximum atomic E-state index is 12.1. The zero-order chi connectivity index (χ0) is 17.7. The standard InChI is InChI=1S/C16H21N3O5/c1-10(15(20)18-11-5-3-2-4-6-11)24-16(21)13-9-12(19(22)23)7-8-14(13)17/h7-11H,2-6,17H2,1H3,(H,18,20). The summed E-state index contributed by atoms with van der Waals surface area (Å²) in [6.07, 6.45) is 4.16.